The first-order valence-electron chi connectivity index (χ1n) is 13.3. The van der Waals surface area contributed by atoms with Gasteiger partial charge in [0.05, 0.1) is 30.2 Å². The molecule has 38 heavy (non-hydrogen) atoms. The molecule has 2 amide bonds. The maximum absolute atomic E-state index is 12.3. The molecule has 220 valence electrons. The fraction of sp³-hybridized carbons (Fsp3) is 0.759. The van der Waals surface area contributed by atoms with Gasteiger partial charge in [-0.05, 0) is 70.6 Å². The molecule has 0 atom stereocenters. The molecule has 0 spiro atoms. The van der Waals surface area contributed by atoms with Crippen LogP contribution < -0.4 is 28.5 Å². The third kappa shape index (κ3) is 9.12. The van der Waals surface area contributed by atoms with Crippen molar-refractivity contribution >= 4 is 24.3 Å². The Bertz CT molecular complexity index is 847. The number of likely N-dealkylation sites (tertiary alicyclic amines) is 2. The second kappa shape index (κ2) is 14.9. The van der Waals surface area contributed by atoms with Crippen molar-refractivity contribution in [3.05, 3.63) is 23.8 Å². The molecule has 0 bridgehead atoms. The molecule has 3 N–H and O–H groups in total. The molecule has 9 heteroatoms. The number of hydrogen-bond donors (Lipinski definition) is 2. The Morgan fingerprint density at radius 3 is 1.76 bits per heavy atom. The first-order valence-corrected chi connectivity index (χ1v) is 13.3. The molecule has 7 nitrogen and oxygen atoms in total. The summed E-state index contributed by atoms with van der Waals surface area (Å²) in [6, 6.07) is 5.81. The smallest absolute Gasteiger partial charge is 0.495 e. The molecular formula is C29H56BClN4O3. The third-order valence-electron chi connectivity index (χ3n) is 7.86. The van der Waals surface area contributed by atoms with Crippen LogP contribution in [0.4, 0.5) is 10.5 Å². The van der Waals surface area contributed by atoms with Crippen LogP contribution in [-0.2, 0) is 9.31 Å². The van der Waals surface area contributed by atoms with Crippen molar-refractivity contribution in [3.8, 4) is 0 Å². The maximum Gasteiger partial charge on any atom is 0.495 e. The average Bonchev–Trinajstić information content (AvgIpc) is 2.92. The van der Waals surface area contributed by atoms with Crippen LogP contribution in [0, 0.1) is 24.7 Å². The lowest BCUT2D eigenvalue weighted by Gasteiger charge is -2.37. The van der Waals surface area contributed by atoms with E-state index < -0.39 is 7.12 Å². The van der Waals surface area contributed by atoms with Crippen LogP contribution >= 0.6 is 0 Å². The van der Waals surface area contributed by atoms with Gasteiger partial charge < -0.3 is 42.1 Å². The normalized spacial score (nSPS) is 21.8. The SMILES string of the molecule is C.C.CC1CN(C)C1.CC1C[NH2+]C1.Cc1c(NC(=O)N2CC(C)C2)cccc1B1OC(C)(C)C(C)(C)O1.[Cl-]. The van der Waals surface area contributed by atoms with Gasteiger partial charge in [0.2, 0.25) is 0 Å². The molecule has 0 aliphatic carbocycles. The van der Waals surface area contributed by atoms with E-state index in [2.05, 4.69) is 43.4 Å². The lowest BCUT2D eigenvalue weighted by molar-refractivity contribution is -0.721. The topological polar surface area (TPSA) is 70.7 Å². The molecule has 1 aromatic carbocycles. The highest BCUT2D eigenvalue weighted by Crippen LogP contribution is 2.37. The van der Waals surface area contributed by atoms with Crippen molar-refractivity contribution in [1.29, 1.82) is 0 Å². The number of urea groups is 1. The van der Waals surface area contributed by atoms with E-state index in [0.717, 1.165) is 41.6 Å². The number of nitrogens with zero attached hydrogens (tertiary/aromatic N) is 2. The van der Waals surface area contributed by atoms with Crippen molar-refractivity contribution in [2.24, 2.45) is 17.8 Å². The molecule has 0 saturated carbocycles. The number of hydrogen-bond acceptors (Lipinski definition) is 4. The van der Waals surface area contributed by atoms with Crippen LogP contribution in [0.25, 0.3) is 0 Å². The molecule has 0 radical (unpaired) electrons. The number of carbonyl (C=O) groups is 1. The summed E-state index contributed by atoms with van der Waals surface area (Å²) in [6.07, 6.45) is 0. The first-order chi connectivity index (χ1) is 16.3. The minimum atomic E-state index is -0.420. The van der Waals surface area contributed by atoms with E-state index in [9.17, 15) is 4.79 Å². The van der Waals surface area contributed by atoms with E-state index in [0.29, 0.717) is 5.92 Å². The highest BCUT2D eigenvalue weighted by atomic mass is 35.5. The molecule has 4 heterocycles. The van der Waals surface area contributed by atoms with Crippen molar-refractivity contribution in [1.82, 2.24) is 9.80 Å². The Hall–Kier alpha value is -1.32. The van der Waals surface area contributed by atoms with Crippen LogP contribution in [0.5, 0.6) is 0 Å². The largest absolute Gasteiger partial charge is 1.00 e. The maximum atomic E-state index is 12.3. The minimum absolute atomic E-state index is 0. The summed E-state index contributed by atoms with van der Waals surface area (Å²) >= 11 is 0. The number of anilines is 1. The zero-order valence-corrected chi connectivity index (χ0v) is 24.6. The van der Waals surface area contributed by atoms with E-state index >= 15 is 0 Å². The quantitative estimate of drug-likeness (QED) is 0.531. The Morgan fingerprint density at radius 2 is 1.42 bits per heavy atom. The van der Waals surface area contributed by atoms with Crippen LogP contribution in [-0.4, -0.2) is 80.5 Å². The number of nitrogens with one attached hydrogen (secondary N) is 1. The number of quaternary nitrogens is 1. The minimum Gasteiger partial charge on any atom is -1.00 e. The number of halogens is 1. The summed E-state index contributed by atoms with van der Waals surface area (Å²) in [7, 11) is 1.73. The standard InChI is InChI=1S/C18H27BN2O3.C5H11N.C4H9N.2CH4.ClH/c1-12-10-21(11-12)16(22)20-15-9-7-8-14(13(15)2)19-23-17(3,4)18(5,6)24-19;1-5-3-6(2)4-5;1-4-2-5-3-4;;;/h7-9,12H,10-11H2,1-6H3,(H,20,22);5H,3-4H2,1-2H3;4-5H,2-3H2,1H3;2*1H4;1H. The molecule has 4 aliphatic heterocycles. The fourth-order valence-corrected chi connectivity index (χ4v) is 4.58. The van der Waals surface area contributed by atoms with Gasteiger partial charge in [0.1, 0.15) is 0 Å². The predicted molar refractivity (Wildman–Crippen MR) is 158 cm³/mol. The molecule has 0 aromatic heterocycles. The number of carbonyl (C=O) groups excluding carboxylic acids is 1. The van der Waals surface area contributed by atoms with Crippen LogP contribution in [0.1, 0.15) is 68.9 Å². The number of rotatable bonds is 2. The number of amides is 2. The van der Waals surface area contributed by atoms with Gasteiger partial charge in [-0.1, -0.05) is 47.8 Å². The molecule has 4 aliphatic rings. The summed E-state index contributed by atoms with van der Waals surface area (Å²) in [4.78, 5) is 16.4. The second-order valence-corrected chi connectivity index (χ2v) is 12.2. The van der Waals surface area contributed by atoms with Crippen molar-refractivity contribution in [2.45, 2.75) is 81.4 Å². The Morgan fingerprint density at radius 1 is 0.947 bits per heavy atom. The number of nitrogens with two attached hydrogens (primary N) is 1. The lowest BCUT2D eigenvalue weighted by Crippen LogP contribution is -3.00. The average molecular weight is 555 g/mol. The lowest BCUT2D eigenvalue weighted by atomic mass is 9.76. The van der Waals surface area contributed by atoms with Gasteiger partial charge >= 0.3 is 13.1 Å². The summed E-state index contributed by atoms with van der Waals surface area (Å²) in [6.45, 7) is 23.8. The number of benzene rings is 1. The molecular weight excluding hydrogens is 499 g/mol. The molecule has 4 fully saturated rings. The van der Waals surface area contributed by atoms with Crippen molar-refractivity contribution < 1.29 is 31.8 Å². The summed E-state index contributed by atoms with van der Waals surface area (Å²) in [5, 5.41) is 5.34. The van der Waals surface area contributed by atoms with Gasteiger partial charge in [0.25, 0.3) is 0 Å². The Labute approximate surface area is 240 Å². The molecule has 1 aromatic rings. The van der Waals surface area contributed by atoms with E-state index in [1.54, 1.807) is 0 Å². The second-order valence-electron chi connectivity index (χ2n) is 12.2. The van der Waals surface area contributed by atoms with Gasteiger partial charge in [-0.2, -0.15) is 0 Å². The van der Waals surface area contributed by atoms with E-state index in [-0.39, 0.29) is 44.5 Å². The Balaban J connectivity index is 0.000000813. The van der Waals surface area contributed by atoms with E-state index in [1.807, 2.05) is 57.7 Å². The van der Waals surface area contributed by atoms with Gasteiger partial charge in [-0.25, -0.2) is 4.79 Å². The molecule has 0 unspecified atom stereocenters. The Kier molecular flexibility index (Phi) is 14.4. The van der Waals surface area contributed by atoms with E-state index in [4.69, 9.17) is 9.31 Å². The fourth-order valence-electron chi connectivity index (χ4n) is 4.58. The van der Waals surface area contributed by atoms with Crippen LogP contribution in [0.15, 0.2) is 18.2 Å². The van der Waals surface area contributed by atoms with Gasteiger partial charge in [-0.15, -0.1) is 0 Å². The molecule has 5 rings (SSSR count). The zero-order valence-electron chi connectivity index (χ0n) is 23.9. The summed E-state index contributed by atoms with van der Waals surface area (Å²) in [5.74, 6) is 2.57. The van der Waals surface area contributed by atoms with Crippen molar-refractivity contribution in [3.63, 3.8) is 0 Å². The van der Waals surface area contributed by atoms with Crippen LogP contribution in [0.3, 0.4) is 0 Å². The predicted octanol–water partition coefficient (Wildman–Crippen LogP) is 0.821. The first kappa shape index (κ1) is 36.7. The zero-order chi connectivity index (χ0) is 26.0. The monoisotopic (exact) mass is 554 g/mol. The third-order valence-corrected chi connectivity index (χ3v) is 7.86. The summed E-state index contributed by atoms with van der Waals surface area (Å²) < 4.78 is 12.3. The van der Waals surface area contributed by atoms with Crippen LogP contribution in [0.2, 0.25) is 0 Å². The highest BCUT2D eigenvalue weighted by molar-refractivity contribution is 6.62. The van der Waals surface area contributed by atoms with Gasteiger partial charge in [0, 0.05) is 31.9 Å². The van der Waals surface area contributed by atoms with E-state index in [1.165, 1.54) is 26.2 Å². The highest BCUT2D eigenvalue weighted by Gasteiger charge is 2.52. The van der Waals surface area contributed by atoms with Crippen molar-refractivity contribution in [2.75, 3.05) is 51.6 Å². The summed E-state index contributed by atoms with van der Waals surface area (Å²) in [5.41, 5.74) is 2.00. The van der Waals surface area contributed by atoms with Gasteiger partial charge in [-0.3, -0.25) is 0 Å². The molecule has 4 saturated heterocycles. The van der Waals surface area contributed by atoms with Gasteiger partial charge in [0.15, 0.2) is 0 Å².